The van der Waals surface area contributed by atoms with E-state index in [9.17, 15) is 9.18 Å². The lowest BCUT2D eigenvalue weighted by atomic mass is 10.1. The van der Waals surface area contributed by atoms with Crippen molar-refractivity contribution in [2.45, 2.75) is 6.92 Å². The van der Waals surface area contributed by atoms with E-state index in [1.54, 1.807) is 25.1 Å². The summed E-state index contributed by atoms with van der Waals surface area (Å²) in [5.41, 5.74) is 1.57. The molecule has 4 heteroatoms. The van der Waals surface area contributed by atoms with Crippen LogP contribution in [0.5, 0.6) is 11.6 Å². The lowest BCUT2D eigenvalue weighted by Crippen LogP contribution is -1.95. The molecule has 2 aromatic carbocycles. The average Bonchev–Trinajstić information content (AvgIpc) is 2.50. The van der Waals surface area contributed by atoms with Gasteiger partial charge in [0.15, 0.2) is 6.29 Å². The van der Waals surface area contributed by atoms with Gasteiger partial charge in [0, 0.05) is 11.5 Å². The fourth-order valence-corrected chi connectivity index (χ4v) is 2.03. The van der Waals surface area contributed by atoms with Crippen molar-refractivity contribution in [1.29, 1.82) is 0 Å². The van der Waals surface area contributed by atoms with Gasteiger partial charge in [-0.2, -0.15) is 0 Å². The van der Waals surface area contributed by atoms with Crippen molar-refractivity contribution in [3.63, 3.8) is 0 Å². The van der Waals surface area contributed by atoms with E-state index >= 15 is 0 Å². The fourth-order valence-electron chi connectivity index (χ4n) is 2.03. The van der Waals surface area contributed by atoms with Crippen molar-refractivity contribution in [1.82, 2.24) is 4.98 Å². The Kier molecular flexibility index (Phi) is 3.36. The van der Waals surface area contributed by atoms with Gasteiger partial charge in [0.25, 0.3) is 0 Å². The van der Waals surface area contributed by atoms with E-state index in [0.717, 1.165) is 5.39 Å². The van der Waals surface area contributed by atoms with Crippen molar-refractivity contribution in [2.24, 2.45) is 0 Å². The van der Waals surface area contributed by atoms with Gasteiger partial charge in [0.05, 0.1) is 11.1 Å². The summed E-state index contributed by atoms with van der Waals surface area (Å²) >= 11 is 0. The van der Waals surface area contributed by atoms with Crippen LogP contribution < -0.4 is 4.74 Å². The van der Waals surface area contributed by atoms with Gasteiger partial charge in [0.2, 0.25) is 5.88 Å². The number of nitrogens with zero attached hydrogens (tertiary/aromatic N) is 1. The maximum absolute atomic E-state index is 13.5. The average molecular weight is 281 g/mol. The molecule has 1 aromatic heterocycles. The second-order valence-electron chi connectivity index (χ2n) is 4.71. The Labute approximate surface area is 121 Å². The molecule has 104 valence electrons. The zero-order valence-electron chi connectivity index (χ0n) is 11.3. The molecular formula is C17H12FNO2. The van der Waals surface area contributed by atoms with Crippen molar-refractivity contribution in [3.05, 3.63) is 65.5 Å². The van der Waals surface area contributed by atoms with Crippen LogP contribution >= 0.6 is 0 Å². The summed E-state index contributed by atoms with van der Waals surface area (Å²) in [5, 5.41) is 0.849. The molecule has 0 saturated carbocycles. The monoisotopic (exact) mass is 281 g/mol. The predicted octanol–water partition coefficient (Wildman–Crippen LogP) is 4.29. The van der Waals surface area contributed by atoms with Gasteiger partial charge in [0.1, 0.15) is 11.6 Å². The van der Waals surface area contributed by atoms with Gasteiger partial charge in [-0.05, 0) is 30.7 Å². The Morgan fingerprint density at radius 3 is 2.71 bits per heavy atom. The molecule has 0 unspecified atom stereocenters. The highest BCUT2D eigenvalue weighted by Crippen LogP contribution is 2.27. The molecular weight excluding hydrogens is 269 g/mol. The highest BCUT2D eigenvalue weighted by atomic mass is 19.1. The first-order valence-electron chi connectivity index (χ1n) is 6.46. The Balaban J connectivity index is 2.06. The minimum atomic E-state index is -0.360. The van der Waals surface area contributed by atoms with E-state index in [4.69, 9.17) is 4.74 Å². The second-order valence-corrected chi connectivity index (χ2v) is 4.71. The number of aldehydes is 1. The maximum Gasteiger partial charge on any atom is 0.230 e. The van der Waals surface area contributed by atoms with Gasteiger partial charge in [-0.1, -0.05) is 24.3 Å². The normalized spacial score (nSPS) is 10.6. The van der Waals surface area contributed by atoms with Gasteiger partial charge < -0.3 is 4.74 Å². The minimum Gasteiger partial charge on any atom is -0.438 e. The zero-order chi connectivity index (χ0) is 14.8. The number of hydrogen-bond donors (Lipinski definition) is 0. The largest absolute Gasteiger partial charge is 0.438 e. The molecule has 0 aliphatic heterocycles. The first-order valence-corrected chi connectivity index (χ1v) is 6.46. The van der Waals surface area contributed by atoms with Crippen LogP contribution in [-0.4, -0.2) is 11.3 Å². The van der Waals surface area contributed by atoms with E-state index in [0.29, 0.717) is 28.7 Å². The predicted molar refractivity (Wildman–Crippen MR) is 78.3 cm³/mol. The van der Waals surface area contributed by atoms with E-state index in [2.05, 4.69) is 4.98 Å². The summed E-state index contributed by atoms with van der Waals surface area (Å²) in [6.07, 6.45) is 0.680. The van der Waals surface area contributed by atoms with Crippen LogP contribution in [0, 0.1) is 12.7 Å². The lowest BCUT2D eigenvalue weighted by molar-refractivity contribution is 0.112. The SMILES string of the molecule is Cc1ccc(Oc2nc3ccccc3cc2C=O)cc1F. The summed E-state index contributed by atoms with van der Waals surface area (Å²) in [6.45, 7) is 1.67. The summed E-state index contributed by atoms with van der Waals surface area (Å²) in [5.74, 6) is 0.122. The van der Waals surface area contributed by atoms with E-state index in [-0.39, 0.29) is 11.7 Å². The summed E-state index contributed by atoms with van der Waals surface area (Å²) in [6, 6.07) is 13.7. The molecule has 0 fully saturated rings. The highest BCUT2D eigenvalue weighted by molar-refractivity contribution is 5.88. The highest BCUT2D eigenvalue weighted by Gasteiger charge is 2.10. The fraction of sp³-hybridized carbons (Fsp3) is 0.0588. The lowest BCUT2D eigenvalue weighted by Gasteiger charge is -2.09. The molecule has 3 rings (SSSR count). The molecule has 0 saturated heterocycles. The Bertz CT molecular complexity index is 830. The molecule has 0 aliphatic rings. The van der Waals surface area contributed by atoms with Crippen molar-refractivity contribution in [3.8, 4) is 11.6 Å². The number of halogens is 1. The van der Waals surface area contributed by atoms with E-state index < -0.39 is 0 Å². The third-order valence-corrected chi connectivity index (χ3v) is 3.20. The number of rotatable bonds is 3. The molecule has 0 radical (unpaired) electrons. The van der Waals surface area contributed by atoms with Crippen LogP contribution in [-0.2, 0) is 0 Å². The molecule has 21 heavy (non-hydrogen) atoms. The standard InChI is InChI=1S/C17H12FNO2/c1-11-6-7-14(9-15(11)18)21-17-13(10-20)8-12-4-2-3-5-16(12)19-17/h2-10H,1H3. The molecule has 0 amide bonds. The quantitative estimate of drug-likeness (QED) is 0.672. The summed E-state index contributed by atoms with van der Waals surface area (Å²) < 4.78 is 19.1. The maximum atomic E-state index is 13.5. The number of pyridine rings is 1. The Morgan fingerprint density at radius 1 is 1.14 bits per heavy atom. The number of ether oxygens (including phenoxy) is 1. The van der Waals surface area contributed by atoms with Crippen molar-refractivity contribution < 1.29 is 13.9 Å². The first kappa shape index (κ1) is 13.2. The third kappa shape index (κ3) is 2.60. The number of para-hydroxylation sites is 1. The molecule has 0 aliphatic carbocycles. The van der Waals surface area contributed by atoms with Crippen LogP contribution in [0.25, 0.3) is 10.9 Å². The second kappa shape index (κ2) is 5.32. The number of benzene rings is 2. The van der Waals surface area contributed by atoms with Crippen LogP contribution in [0.4, 0.5) is 4.39 Å². The molecule has 3 nitrogen and oxygen atoms in total. The molecule has 0 bridgehead atoms. The smallest absolute Gasteiger partial charge is 0.230 e. The van der Waals surface area contributed by atoms with Crippen LogP contribution in [0.3, 0.4) is 0 Å². The molecule has 0 N–H and O–H groups in total. The molecule has 0 spiro atoms. The number of hydrogen-bond acceptors (Lipinski definition) is 3. The Morgan fingerprint density at radius 2 is 1.95 bits per heavy atom. The topological polar surface area (TPSA) is 39.2 Å². The third-order valence-electron chi connectivity index (χ3n) is 3.20. The zero-order valence-corrected chi connectivity index (χ0v) is 11.3. The molecule has 1 heterocycles. The summed E-state index contributed by atoms with van der Waals surface area (Å²) in [7, 11) is 0. The molecule has 3 aromatic rings. The van der Waals surface area contributed by atoms with Gasteiger partial charge in [-0.3, -0.25) is 4.79 Å². The van der Waals surface area contributed by atoms with Crippen molar-refractivity contribution >= 4 is 17.2 Å². The van der Waals surface area contributed by atoms with E-state index in [1.807, 2.05) is 24.3 Å². The number of carbonyl (C=O) groups excluding carboxylic acids is 1. The Hall–Kier alpha value is -2.75. The molecule has 0 atom stereocenters. The summed E-state index contributed by atoms with van der Waals surface area (Å²) in [4.78, 5) is 15.5. The number of aromatic nitrogens is 1. The minimum absolute atomic E-state index is 0.173. The van der Waals surface area contributed by atoms with Crippen LogP contribution in [0.2, 0.25) is 0 Å². The number of carbonyl (C=O) groups is 1. The number of fused-ring (bicyclic) bond motifs is 1. The van der Waals surface area contributed by atoms with Gasteiger partial charge in [-0.25, -0.2) is 9.37 Å². The first-order chi connectivity index (χ1) is 10.2. The van der Waals surface area contributed by atoms with Crippen molar-refractivity contribution in [2.75, 3.05) is 0 Å². The van der Waals surface area contributed by atoms with Crippen LogP contribution in [0.15, 0.2) is 48.5 Å². The number of aryl methyl sites for hydroxylation is 1. The van der Waals surface area contributed by atoms with Gasteiger partial charge >= 0.3 is 0 Å². The van der Waals surface area contributed by atoms with E-state index in [1.165, 1.54) is 6.07 Å². The van der Waals surface area contributed by atoms with Crippen LogP contribution in [0.1, 0.15) is 15.9 Å². The van der Waals surface area contributed by atoms with Gasteiger partial charge in [-0.15, -0.1) is 0 Å².